The summed E-state index contributed by atoms with van der Waals surface area (Å²) in [6.45, 7) is 0. The number of benzene rings is 1. The Kier molecular flexibility index (Phi) is 3.69. The highest BCUT2D eigenvalue weighted by atomic mass is 32.2. The molecule has 0 amide bonds. The topological polar surface area (TPSA) is 154 Å². The van der Waals surface area contributed by atoms with Gasteiger partial charge in [0.25, 0.3) is 15.7 Å². The first-order valence-corrected chi connectivity index (χ1v) is 6.76. The van der Waals surface area contributed by atoms with Crippen molar-refractivity contribution in [2.75, 3.05) is 0 Å². The second kappa shape index (κ2) is 5.30. The van der Waals surface area contributed by atoms with Gasteiger partial charge in [-0.25, -0.2) is 4.79 Å². The highest BCUT2D eigenvalue weighted by molar-refractivity contribution is 7.85. The zero-order chi connectivity index (χ0) is 15.6. The lowest BCUT2D eigenvalue weighted by atomic mass is 10.3. The molecule has 0 saturated carbocycles. The third-order valence-corrected chi connectivity index (χ3v) is 3.19. The van der Waals surface area contributed by atoms with E-state index in [1.807, 2.05) is 0 Å². The molecule has 10 nitrogen and oxygen atoms in total. The van der Waals surface area contributed by atoms with Crippen LogP contribution in [0.4, 0.5) is 5.69 Å². The van der Waals surface area contributed by atoms with Crippen molar-refractivity contribution in [2.45, 2.75) is 4.90 Å². The van der Waals surface area contributed by atoms with Gasteiger partial charge in [-0.2, -0.15) is 8.42 Å². The van der Waals surface area contributed by atoms with E-state index in [0.29, 0.717) is 4.79 Å². The third kappa shape index (κ3) is 3.40. The van der Waals surface area contributed by atoms with Crippen LogP contribution in [-0.2, 0) is 10.1 Å². The zero-order valence-electron chi connectivity index (χ0n) is 10.2. The summed E-state index contributed by atoms with van der Waals surface area (Å²) in [7, 11) is -4.30. The largest absolute Gasteiger partial charge is 0.477 e. The Balaban J connectivity index is 2.26. The summed E-state index contributed by atoms with van der Waals surface area (Å²) in [6.07, 6.45) is 0. The molecule has 0 radical (unpaired) electrons. The monoisotopic (exact) mass is 312 g/mol. The molecule has 0 atom stereocenters. The van der Waals surface area contributed by atoms with E-state index in [2.05, 4.69) is 15.4 Å². The first kappa shape index (κ1) is 14.6. The minimum absolute atomic E-state index is 0.195. The minimum atomic E-state index is -4.30. The van der Waals surface area contributed by atoms with Crippen LogP contribution in [0.5, 0.6) is 0 Å². The fourth-order valence-corrected chi connectivity index (χ4v) is 1.82. The number of hydrogen-bond acceptors (Lipinski definition) is 6. The van der Waals surface area contributed by atoms with E-state index in [1.54, 1.807) is 0 Å². The lowest BCUT2D eigenvalue weighted by Crippen LogP contribution is -2.09. The number of aromatic amines is 1. The quantitative estimate of drug-likeness (QED) is 0.556. The molecule has 0 unspecified atom stereocenters. The number of carboxylic acids is 1. The molecule has 0 fully saturated rings. The summed E-state index contributed by atoms with van der Waals surface area (Å²) in [4.78, 5) is 22.3. The summed E-state index contributed by atoms with van der Waals surface area (Å²) in [5, 5.41) is 18.0. The lowest BCUT2D eigenvalue weighted by Gasteiger charge is -1.96. The van der Waals surface area contributed by atoms with E-state index < -0.39 is 21.6 Å². The second-order valence-electron chi connectivity index (χ2n) is 3.78. The van der Waals surface area contributed by atoms with Crippen LogP contribution < -0.4 is 5.56 Å². The van der Waals surface area contributed by atoms with Gasteiger partial charge in [0.15, 0.2) is 0 Å². The van der Waals surface area contributed by atoms with Crippen LogP contribution in [0.25, 0.3) is 0 Å². The van der Waals surface area contributed by atoms with Gasteiger partial charge in [-0.1, -0.05) is 0 Å². The van der Waals surface area contributed by atoms with Crippen molar-refractivity contribution in [3.05, 3.63) is 46.4 Å². The van der Waals surface area contributed by atoms with Gasteiger partial charge in [0.2, 0.25) is 0 Å². The average molecular weight is 312 g/mol. The van der Waals surface area contributed by atoms with Gasteiger partial charge in [0, 0.05) is 6.07 Å². The predicted molar refractivity (Wildman–Crippen MR) is 68.2 cm³/mol. The first-order valence-electron chi connectivity index (χ1n) is 5.32. The van der Waals surface area contributed by atoms with Crippen LogP contribution in [0.2, 0.25) is 0 Å². The molecule has 3 N–H and O–H groups in total. The maximum atomic E-state index is 11.4. The predicted octanol–water partition coefficient (Wildman–Crippen LogP) is 0.668. The summed E-state index contributed by atoms with van der Waals surface area (Å²) in [5.74, 6) is -1.32. The van der Waals surface area contributed by atoms with Crippen molar-refractivity contribution in [1.82, 2.24) is 9.89 Å². The van der Waals surface area contributed by atoms with Crippen LogP contribution >= 0.6 is 0 Å². The molecular weight excluding hydrogens is 304 g/mol. The Morgan fingerprint density at radius 3 is 2.33 bits per heavy atom. The van der Waals surface area contributed by atoms with Crippen molar-refractivity contribution >= 4 is 21.8 Å². The SMILES string of the molecule is O=C(O)c1cc(=O)n(N=Nc2ccc(S(=O)(=O)O)cc2)[nH]1. The van der Waals surface area contributed by atoms with E-state index >= 15 is 0 Å². The highest BCUT2D eigenvalue weighted by Gasteiger charge is 2.09. The summed E-state index contributed by atoms with van der Waals surface area (Å²) >= 11 is 0. The van der Waals surface area contributed by atoms with Gasteiger partial charge in [-0.05, 0) is 29.5 Å². The number of H-pyrrole nitrogens is 1. The van der Waals surface area contributed by atoms with E-state index in [9.17, 15) is 18.0 Å². The number of carbonyl (C=O) groups is 1. The molecule has 0 aliphatic rings. The van der Waals surface area contributed by atoms with Crippen molar-refractivity contribution in [3.63, 3.8) is 0 Å². The molecule has 2 rings (SSSR count). The molecule has 110 valence electrons. The van der Waals surface area contributed by atoms with Crippen molar-refractivity contribution in [2.24, 2.45) is 10.3 Å². The number of carboxylic acid groups (broad SMARTS) is 1. The Bertz CT molecular complexity index is 862. The minimum Gasteiger partial charge on any atom is -0.477 e. The zero-order valence-corrected chi connectivity index (χ0v) is 11.0. The van der Waals surface area contributed by atoms with Gasteiger partial charge in [0.1, 0.15) is 5.69 Å². The van der Waals surface area contributed by atoms with E-state index in [1.165, 1.54) is 12.1 Å². The highest BCUT2D eigenvalue weighted by Crippen LogP contribution is 2.16. The van der Waals surface area contributed by atoms with Crippen molar-refractivity contribution in [3.8, 4) is 0 Å². The summed E-state index contributed by atoms with van der Waals surface area (Å²) in [6, 6.07) is 5.54. The smallest absolute Gasteiger partial charge is 0.354 e. The first-order chi connectivity index (χ1) is 9.77. The van der Waals surface area contributed by atoms with Gasteiger partial charge in [-0.3, -0.25) is 14.4 Å². The molecule has 0 spiro atoms. The van der Waals surface area contributed by atoms with Gasteiger partial charge in [0.05, 0.1) is 10.6 Å². The fourth-order valence-electron chi connectivity index (χ4n) is 1.34. The van der Waals surface area contributed by atoms with E-state index in [0.717, 1.165) is 18.2 Å². The standard InChI is InChI=1S/C10H8N4O6S/c15-9-5-8(10(16)17)12-14(9)13-11-6-1-3-7(4-2-6)21(18,19)20/h1-5,12H,(H,16,17)(H,18,19,20). The molecule has 1 heterocycles. The summed E-state index contributed by atoms with van der Waals surface area (Å²) < 4.78 is 30.5. The van der Waals surface area contributed by atoms with Gasteiger partial charge >= 0.3 is 5.97 Å². The molecule has 2 aromatic rings. The van der Waals surface area contributed by atoms with Crippen LogP contribution in [0.3, 0.4) is 0 Å². The van der Waals surface area contributed by atoms with Crippen LogP contribution in [0.15, 0.2) is 50.4 Å². The van der Waals surface area contributed by atoms with Crippen molar-refractivity contribution < 1.29 is 22.9 Å². The fraction of sp³-hybridized carbons (Fsp3) is 0. The lowest BCUT2D eigenvalue weighted by molar-refractivity contribution is 0.0689. The number of hydrogen-bond donors (Lipinski definition) is 3. The average Bonchev–Trinajstić information content (AvgIpc) is 2.77. The maximum absolute atomic E-state index is 11.4. The Labute approximate surface area is 117 Å². The van der Waals surface area contributed by atoms with Crippen LogP contribution in [-0.4, -0.2) is 33.9 Å². The Morgan fingerprint density at radius 1 is 1.24 bits per heavy atom. The molecule has 11 heteroatoms. The Morgan fingerprint density at radius 2 is 1.86 bits per heavy atom. The molecule has 1 aromatic carbocycles. The number of aromatic carboxylic acids is 1. The van der Waals surface area contributed by atoms with Crippen LogP contribution in [0.1, 0.15) is 10.5 Å². The van der Waals surface area contributed by atoms with Crippen molar-refractivity contribution in [1.29, 1.82) is 0 Å². The molecule has 21 heavy (non-hydrogen) atoms. The normalized spacial score (nSPS) is 11.9. The molecule has 0 bridgehead atoms. The number of rotatable bonds is 4. The molecule has 1 aromatic heterocycles. The molecule has 0 aliphatic heterocycles. The number of aromatic nitrogens is 2. The third-order valence-electron chi connectivity index (χ3n) is 2.32. The second-order valence-corrected chi connectivity index (χ2v) is 5.20. The molecule has 0 aliphatic carbocycles. The van der Waals surface area contributed by atoms with E-state index in [-0.39, 0.29) is 16.3 Å². The maximum Gasteiger partial charge on any atom is 0.354 e. The molecule has 0 saturated heterocycles. The van der Waals surface area contributed by atoms with Gasteiger partial charge < -0.3 is 5.11 Å². The van der Waals surface area contributed by atoms with Gasteiger partial charge in [-0.15, -0.1) is 9.91 Å². The van der Waals surface area contributed by atoms with Crippen LogP contribution in [0, 0.1) is 0 Å². The number of nitrogens with zero attached hydrogens (tertiary/aromatic N) is 3. The molecular formula is C10H8N4O6S. The number of nitrogens with one attached hydrogen (secondary N) is 1. The summed E-state index contributed by atoms with van der Waals surface area (Å²) in [5.41, 5.74) is -0.868. The van der Waals surface area contributed by atoms with E-state index in [4.69, 9.17) is 9.66 Å². The Hall–Kier alpha value is -2.79.